The molecule has 1 N–H and O–H groups in total. The highest BCUT2D eigenvalue weighted by Gasteiger charge is 2.34. The lowest BCUT2D eigenvalue weighted by Gasteiger charge is -2.44. The smallest absolute Gasteiger partial charge is 0.122 e. The van der Waals surface area contributed by atoms with Gasteiger partial charge >= 0.3 is 0 Å². The second-order valence-electron chi connectivity index (χ2n) is 7.63. The summed E-state index contributed by atoms with van der Waals surface area (Å²) in [5.41, 5.74) is 2.23. The molecular formula is C20H29NO2. The van der Waals surface area contributed by atoms with Crippen molar-refractivity contribution in [2.24, 2.45) is 5.92 Å². The third-order valence-electron chi connectivity index (χ3n) is 6.25. The van der Waals surface area contributed by atoms with Gasteiger partial charge in [0.1, 0.15) is 5.75 Å². The molecule has 0 aromatic heterocycles. The Morgan fingerprint density at radius 1 is 1.09 bits per heavy atom. The first-order valence-corrected chi connectivity index (χ1v) is 9.46. The van der Waals surface area contributed by atoms with Crippen molar-refractivity contribution in [3.05, 3.63) is 29.3 Å². The molecule has 23 heavy (non-hydrogen) atoms. The van der Waals surface area contributed by atoms with E-state index in [9.17, 15) is 5.11 Å². The predicted molar refractivity (Wildman–Crippen MR) is 91.9 cm³/mol. The number of ether oxygens (including phenoxy) is 1. The lowest BCUT2D eigenvalue weighted by Crippen LogP contribution is -2.51. The molecule has 1 unspecified atom stereocenters. The zero-order valence-electron chi connectivity index (χ0n) is 14.0. The Hall–Kier alpha value is -1.06. The molecule has 3 saturated heterocycles. The van der Waals surface area contributed by atoms with Gasteiger partial charge in [-0.25, -0.2) is 0 Å². The monoisotopic (exact) mass is 315 g/mol. The molecule has 3 heteroatoms. The summed E-state index contributed by atoms with van der Waals surface area (Å²) < 4.78 is 6.19. The lowest BCUT2D eigenvalue weighted by molar-refractivity contribution is -0.0684. The number of nitrogens with zero attached hydrogens (tertiary/aromatic N) is 1. The number of phenolic OH excluding ortho intramolecular Hbond substituents is 1. The summed E-state index contributed by atoms with van der Waals surface area (Å²) in [6, 6.07) is 6.29. The molecular weight excluding hydrogens is 286 g/mol. The van der Waals surface area contributed by atoms with Crippen LogP contribution in [-0.2, 0) is 11.2 Å². The summed E-state index contributed by atoms with van der Waals surface area (Å²) in [6.07, 6.45) is 8.90. The summed E-state index contributed by atoms with van der Waals surface area (Å²) >= 11 is 0. The first kappa shape index (κ1) is 15.5. The van der Waals surface area contributed by atoms with Crippen LogP contribution in [0.2, 0.25) is 0 Å². The van der Waals surface area contributed by atoms with Crippen LogP contribution in [0.4, 0.5) is 0 Å². The van der Waals surface area contributed by atoms with Crippen molar-refractivity contribution in [3.8, 4) is 5.75 Å². The van der Waals surface area contributed by atoms with E-state index >= 15 is 0 Å². The number of benzene rings is 1. The van der Waals surface area contributed by atoms with Crippen LogP contribution in [-0.4, -0.2) is 42.4 Å². The summed E-state index contributed by atoms with van der Waals surface area (Å²) in [4.78, 5) is 2.53. The van der Waals surface area contributed by atoms with Gasteiger partial charge < -0.3 is 14.7 Å². The second-order valence-corrected chi connectivity index (χ2v) is 7.63. The maximum Gasteiger partial charge on any atom is 0.122 e. The van der Waals surface area contributed by atoms with Gasteiger partial charge in [-0.1, -0.05) is 31.0 Å². The third kappa shape index (κ3) is 3.27. The molecule has 3 aliphatic heterocycles. The van der Waals surface area contributed by atoms with Crippen LogP contribution in [0.15, 0.2) is 18.2 Å². The third-order valence-corrected chi connectivity index (χ3v) is 6.25. The molecule has 1 aliphatic carbocycles. The molecule has 3 nitrogen and oxygen atoms in total. The van der Waals surface area contributed by atoms with Gasteiger partial charge in [0.2, 0.25) is 0 Å². The molecule has 4 aliphatic rings. The normalized spacial score (nSPS) is 30.9. The van der Waals surface area contributed by atoms with E-state index in [-0.39, 0.29) is 0 Å². The number of piperidine rings is 3. The van der Waals surface area contributed by atoms with Crippen molar-refractivity contribution in [3.63, 3.8) is 0 Å². The Morgan fingerprint density at radius 3 is 2.57 bits per heavy atom. The average molecular weight is 315 g/mol. The molecule has 4 fully saturated rings. The molecule has 5 rings (SSSR count). The highest BCUT2D eigenvalue weighted by Crippen LogP contribution is 2.39. The highest BCUT2D eigenvalue weighted by molar-refractivity contribution is 5.42. The maximum atomic E-state index is 10.6. The fraction of sp³-hybridized carbons (Fsp3) is 0.700. The number of fused-ring (bicyclic) bond motifs is 3. The van der Waals surface area contributed by atoms with Crippen LogP contribution >= 0.6 is 0 Å². The molecule has 3 heterocycles. The van der Waals surface area contributed by atoms with Crippen molar-refractivity contribution < 1.29 is 9.84 Å². The lowest BCUT2D eigenvalue weighted by atomic mass is 9.86. The topological polar surface area (TPSA) is 32.7 Å². The van der Waals surface area contributed by atoms with E-state index in [0.29, 0.717) is 17.8 Å². The van der Waals surface area contributed by atoms with E-state index in [4.69, 9.17) is 4.74 Å². The molecule has 2 bridgehead atoms. The van der Waals surface area contributed by atoms with Crippen molar-refractivity contribution in [1.82, 2.24) is 4.90 Å². The van der Waals surface area contributed by atoms with Gasteiger partial charge in [-0.15, -0.1) is 0 Å². The number of para-hydroxylation sites is 1. The van der Waals surface area contributed by atoms with Gasteiger partial charge in [0.15, 0.2) is 0 Å². The van der Waals surface area contributed by atoms with E-state index in [2.05, 4.69) is 23.1 Å². The van der Waals surface area contributed by atoms with E-state index in [1.54, 1.807) is 0 Å². The average Bonchev–Trinajstić information content (AvgIpc) is 3.12. The Kier molecular flexibility index (Phi) is 4.59. The van der Waals surface area contributed by atoms with Crippen LogP contribution in [0.25, 0.3) is 0 Å². The number of aromatic hydroxyl groups is 1. The van der Waals surface area contributed by atoms with Gasteiger partial charge in [-0.2, -0.15) is 0 Å². The van der Waals surface area contributed by atoms with Crippen molar-refractivity contribution in [2.45, 2.75) is 57.0 Å². The van der Waals surface area contributed by atoms with Crippen LogP contribution in [0.5, 0.6) is 5.75 Å². The largest absolute Gasteiger partial charge is 0.507 e. The van der Waals surface area contributed by atoms with Gasteiger partial charge in [0.05, 0.1) is 12.7 Å². The zero-order chi connectivity index (χ0) is 15.6. The standard InChI is InChI=1S/C20H29NO2/c22-20-17(6-3-7-18(20)15-4-1-2-5-15)10-13-23-19-14-21-11-8-16(19)9-12-21/h3,6-7,15-16,19,22H,1-2,4-5,8-14H2. The molecule has 0 amide bonds. The van der Waals surface area contributed by atoms with Gasteiger partial charge in [-0.3, -0.25) is 0 Å². The molecule has 0 radical (unpaired) electrons. The van der Waals surface area contributed by atoms with Gasteiger partial charge in [-0.05, 0) is 68.2 Å². The minimum absolute atomic E-state index is 0.414. The van der Waals surface area contributed by atoms with Crippen molar-refractivity contribution >= 4 is 0 Å². The van der Waals surface area contributed by atoms with Crippen LogP contribution in [0, 0.1) is 5.92 Å². The Morgan fingerprint density at radius 2 is 1.87 bits per heavy atom. The summed E-state index contributed by atoms with van der Waals surface area (Å²) in [7, 11) is 0. The molecule has 1 atom stereocenters. The summed E-state index contributed by atoms with van der Waals surface area (Å²) in [5.74, 6) is 1.87. The Bertz CT molecular complexity index is 530. The minimum atomic E-state index is 0.414. The van der Waals surface area contributed by atoms with Crippen LogP contribution in [0.3, 0.4) is 0 Å². The minimum Gasteiger partial charge on any atom is -0.507 e. The summed E-state index contributed by atoms with van der Waals surface area (Å²) in [5, 5.41) is 10.6. The number of hydrogen-bond acceptors (Lipinski definition) is 3. The molecule has 1 saturated carbocycles. The molecule has 1 aromatic rings. The van der Waals surface area contributed by atoms with Gasteiger partial charge in [0, 0.05) is 6.54 Å². The fourth-order valence-corrected chi connectivity index (χ4v) is 4.80. The number of phenols is 1. The fourth-order valence-electron chi connectivity index (χ4n) is 4.80. The maximum absolute atomic E-state index is 10.6. The second kappa shape index (κ2) is 6.82. The SMILES string of the molecule is Oc1c(CCOC2CN3CCC2CC3)cccc1C1CCCC1. The van der Waals surface area contributed by atoms with E-state index in [1.165, 1.54) is 57.2 Å². The molecule has 0 spiro atoms. The Balaban J connectivity index is 1.35. The quantitative estimate of drug-likeness (QED) is 0.899. The Labute approximate surface area is 139 Å². The first-order chi connectivity index (χ1) is 11.3. The van der Waals surface area contributed by atoms with E-state index in [1.807, 2.05) is 0 Å². The first-order valence-electron chi connectivity index (χ1n) is 9.46. The highest BCUT2D eigenvalue weighted by atomic mass is 16.5. The van der Waals surface area contributed by atoms with Crippen LogP contribution in [0.1, 0.15) is 55.6 Å². The van der Waals surface area contributed by atoms with Crippen molar-refractivity contribution in [1.29, 1.82) is 0 Å². The van der Waals surface area contributed by atoms with E-state index < -0.39 is 0 Å². The van der Waals surface area contributed by atoms with Crippen LogP contribution < -0.4 is 0 Å². The zero-order valence-corrected chi connectivity index (χ0v) is 14.0. The summed E-state index contributed by atoms with van der Waals surface area (Å²) in [6.45, 7) is 4.36. The predicted octanol–water partition coefficient (Wildman–Crippen LogP) is 3.70. The van der Waals surface area contributed by atoms with Gasteiger partial charge in [0.25, 0.3) is 0 Å². The molecule has 126 valence electrons. The number of rotatable bonds is 5. The molecule has 1 aromatic carbocycles. The number of hydrogen-bond donors (Lipinski definition) is 1. The van der Waals surface area contributed by atoms with Crippen molar-refractivity contribution in [2.75, 3.05) is 26.2 Å². The van der Waals surface area contributed by atoms with E-state index in [0.717, 1.165) is 31.1 Å².